The van der Waals surface area contributed by atoms with Gasteiger partial charge in [-0.05, 0) is 44.9 Å². The number of carbonyl (C=O) groups excluding carboxylic acids is 2. The van der Waals surface area contributed by atoms with E-state index < -0.39 is 46.7 Å². The van der Waals surface area contributed by atoms with Gasteiger partial charge in [-0.15, -0.1) is 0 Å². The number of amides is 2. The number of aryl methyl sites for hydroxylation is 1. The molecule has 10 heteroatoms. The molecule has 8 nitrogen and oxygen atoms in total. The number of nitrogens with zero attached hydrogens (tertiary/aromatic N) is 3. The maximum atomic E-state index is 14.1. The molecular weight excluding hydrogens is 434 g/mol. The molecule has 2 bridgehead atoms. The first-order valence-corrected chi connectivity index (χ1v) is 10.6. The summed E-state index contributed by atoms with van der Waals surface area (Å²) in [6, 6.07) is 1.91. The van der Waals surface area contributed by atoms with Gasteiger partial charge in [0.1, 0.15) is 23.9 Å². The lowest BCUT2D eigenvalue weighted by atomic mass is 10.1. The molecule has 2 aliphatic heterocycles. The Bertz CT molecular complexity index is 1220. The Morgan fingerprint density at radius 3 is 2.55 bits per heavy atom. The number of hydrogen-bond donors (Lipinski definition) is 2. The number of rotatable bonds is 3. The molecule has 1 aromatic heterocycles. The number of aromatic nitrogens is 1. The van der Waals surface area contributed by atoms with E-state index in [4.69, 9.17) is 0 Å². The van der Waals surface area contributed by atoms with Crippen molar-refractivity contribution in [3.8, 4) is 5.75 Å². The Hall–Kier alpha value is -3.69. The molecule has 4 rings (SSSR count). The molecule has 3 heterocycles. The Morgan fingerprint density at radius 1 is 1.21 bits per heavy atom. The Labute approximate surface area is 188 Å². The first kappa shape index (κ1) is 22.5. The Balaban J connectivity index is 1.71. The first-order valence-electron chi connectivity index (χ1n) is 10.6. The zero-order valence-electron chi connectivity index (χ0n) is 18.4. The molecule has 0 saturated carbocycles. The molecule has 2 aliphatic rings. The molecule has 0 aliphatic carbocycles. The first-order chi connectivity index (χ1) is 15.6. The predicted octanol–water partition coefficient (Wildman–Crippen LogP) is 2.16. The third kappa shape index (κ3) is 3.85. The highest BCUT2D eigenvalue weighted by Gasteiger charge is 2.37. The van der Waals surface area contributed by atoms with Gasteiger partial charge in [0, 0.05) is 30.4 Å². The minimum Gasteiger partial charge on any atom is -0.502 e. The molecule has 2 aromatic rings. The Morgan fingerprint density at radius 2 is 1.88 bits per heavy atom. The van der Waals surface area contributed by atoms with Crippen LogP contribution < -0.4 is 15.8 Å². The van der Waals surface area contributed by atoms with Crippen LogP contribution in [0.15, 0.2) is 35.3 Å². The standard InChI is InChI=1S/C23H24F2N4O4/c1-12-7-17(24)15(18(25)8-12)9-26-22(32)16-10-28-19(21(31)20(16)30)23(33)27-11-29(28)14(3)6-4-5-13(27)2/h4-5,7-8,10,13-14,31H,6,9,11H2,1-3H3,(H,26,32)/b5-4-/t13-,14+/m0/s1. The fourth-order valence-corrected chi connectivity index (χ4v) is 4.10. The van der Waals surface area contributed by atoms with Gasteiger partial charge in [0.25, 0.3) is 11.8 Å². The van der Waals surface area contributed by atoms with Gasteiger partial charge in [0.05, 0.1) is 0 Å². The van der Waals surface area contributed by atoms with Crippen molar-refractivity contribution in [2.24, 2.45) is 0 Å². The van der Waals surface area contributed by atoms with Crippen molar-refractivity contribution in [2.75, 3.05) is 11.7 Å². The molecule has 2 amide bonds. The topological polar surface area (TPSA) is 94.9 Å². The monoisotopic (exact) mass is 458 g/mol. The highest BCUT2D eigenvalue weighted by Crippen LogP contribution is 2.26. The molecule has 0 spiro atoms. The minimum absolute atomic E-state index is 0.114. The van der Waals surface area contributed by atoms with Crippen LogP contribution in [0.1, 0.15) is 52.2 Å². The number of halogens is 2. The molecule has 33 heavy (non-hydrogen) atoms. The number of aromatic hydroxyl groups is 1. The fraction of sp³-hybridized carbons (Fsp3) is 0.348. The summed E-state index contributed by atoms with van der Waals surface area (Å²) in [5.74, 6) is -3.95. The molecule has 2 atom stereocenters. The van der Waals surface area contributed by atoms with Gasteiger partial charge < -0.3 is 15.3 Å². The van der Waals surface area contributed by atoms with E-state index in [1.807, 2.05) is 26.0 Å². The molecule has 0 saturated heterocycles. The van der Waals surface area contributed by atoms with Crippen LogP contribution in [0.3, 0.4) is 0 Å². The smallest absolute Gasteiger partial charge is 0.278 e. The number of carbonyl (C=O) groups is 2. The third-order valence-electron chi connectivity index (χ3n) is 6.05. The summed E-state index contributed by atoms with van der Waals surface area (Å²) in [6.07, 6.45) is 5.68. The molecular formula is C23H24F2N4O4. The number of nitrogens with one attached hydrogen (secondary N) is 1. The number of fused-ring (bicyclic) bond motifs is 4. The van der Waals surface area contributed by atoms with Gasteiger partial charge in [-0.25, -0.2) is 8.78 Å². The van der Waals surface area contributed by atoms with E-state index in [-0.39, 0.29) is 30.0 Å². The third-order valence-corrected chi connectivity index (χ3v) is 6.05. The van der Waals surface area contributed by atoms with Crippen molar-refractivity contribution in [1.82, 2.24) is 14.9 Å². The average molecular weight is 458 g/mol. The minimum atomic E-state index is -1.04. The number of pyridine rings is 1. The number of benzene rings is 1. The largest absolute Gasteiger partial charge is 0.502 e. The van der Waals surface area contributed by atoms with Gasteiger partial charge in [0.2, 0.25) is 5.43 Å². The van der Waals surface area contributed by atoms with E-state index in [0.717, 1.165) is 12.1 Å². The van der Waals surface area contributed by atoms with Gasteiger partial charge in [-0.3, -0.25) is 24.1 Å². The van der Waals surface area contributed by atoms with Crippen LogP contribution in [0.5, 0.6) is 5.75 Å². The molecule has 174 valence electrons. The van der Waals surface area contributed by atoms with Gasteiger partial charge in [-0.2, -0.15) is 0 Å². The van der Waals surface area contributed by atoms with Crippen LogP contribution >= 0.6 is 0 Å². The van der Waals surface area contributed by atoms with Crippen LogP contribution in [0.2, 0.25) is 0 Å². The lowest BCUT2D eigenvalue weighted by molar-refractivity contribution is 0.0634. The quantitative estimate of drug-likeness (QED) is 0.688. The van der Waals surface area contributed by atoms with E-state index in [1.54, 1.807) is 5.01 Å². The van der Waals surface area contributed by atoms with E-state index in [9.17, 15) is 28.3 Å². The lowest BCUT2D eigenvalue weighted by Crippen LogP contribution is -2.59. The fourth-order valence-electron chi connectivity index (χ4n) is 4.10. The van der Waals surface area contributed by atoms with E-state index in [1.165, 1.54) is 22.7 Å². The summed E-state index contributed by atoms with van der Waals surface area (Å²) in [5, 5.41) is 14.7. The SMILES string of the molecule is Cc1cc(F)c(CNC(=O)c2cn3c(c(O)c2=O)C(=O)N2CN3[C@H](C)C/C=C\[C@@H]2C)c(F)c1. The van der Waals surface area contributed by atoms with Crippen molar-refractivity contribution in [3.63, 3.8) is 0 Å². The van der Waals surface area contributed by atoms with E-state index >= 15 is 0 Å². The number of hydrogen-bond acceptors (Lipinski definition) is 5. The summed E-state index contributed by atoms with van der Waals surface area (Å²) in [6.45, 7) is 4.99. The van der Waals surface area contributed by atoms with Crippen molar-refractivity contribution >= 4 is 11.8 Å². The van der Waals surface area contributed by atoms with Crippen molar-refractivity contribution in [1.29, 1.82) is 0 Å². The van der Waals surface area contributed by atoms with Gasteiger partial charge >= 0.3 is 0 Å². The summed E-state index contributed by atoms with van der Waals surface area (Å²) in [5.41, 5.74) is -1.66. The highest BCUT2D eigenvalue weighted by molar-refractivity contribution is 5.99. The van der Waals surface area contributed by atoms with E-state index in [2.05, 4.69) is 5.32 Å². The van der Waals surface area contributed by atoms with Gasteiger partial charge in [0.15, 0.2) is 11.4 Å². The van der Waals surface area contributed by atoms with Crippen LogP contribution in [-0.4, -0.2) is 45.2 Å². The Kier molecular flexibility index (Phi) is 5.69. The second kappa shape index (κ2) is 8.34. The van der Waals surface area contributed by atoms with Crippen LogP contribution in [-0.2, 0) is 6.54 Å². The maximum Gasteiger partial charge on any atom is 0.278 e. The highest BCUT2D eigenvalue weighted by atomic mass is 19.1. The molecule has 1 aromatic carbocycles. The lowest BCUT2D eigenvalue weighted by Gasteiger charge is -2.45. The van der Waals surface area contributed by atoms with E-state index in [0.29, 0.717) is 12.0 Å². The summed E-state index contributed by atoms with van der Waals surface area (Å²) in [4.78, 5) is 40.1. The predicted molar refractivity (Wildman–Crippen MR) is 117 cm³/mol. The zero-order valence-corrected chi connectivity index (χ0v) is 18.4. The second-order valence-corrected chi connectivity index (χ2v) is 8.41. The normalized spacial score (nSPS) is 20.7. The molecule has 0 fully saturated rings. The zero-order chi connectivity index (χ0) is 24.0. The van der Waals surface area contributed by atoms with Crippen molar-refractivity contribution in [2.45, 2.75) is 45.8 Å². The summed E-state index contributed by atoms with van der Waals surface area (Å²) >= 11 is 0. The van der Waals surface area contributed by atoms with Crippen molar-refractivity contribution < 1.29 is 23.5 Å². The summed E-state index contributed by atoms with van der Waals surface area (Å²) < 4.78 is 29.5. The van der Waals surface area contributed by atoms with Crippen LogP contribution in [0.25, 0.3) is 0 Å². The maximum absolute atomic E-state index is 14.1. The second-order valence-electron chi connectivity index (χ2n) is 8.41. The molecule has 0 unspecified atom stereocenters. The molecule has 0 radical (unpaired) electrons. The molecule has 2 N–H and O–H groups in total. The van der Waals surface area contributed by atoms with Gasteiger partial charge in [-0.1, -0.05) is 12.2 Å². The van der Waals surface area contributed by atoms with Crippen molar-refractivity contribution in [3.05, 3.63) is 74.7 Å². The average Bonchev–Trinajstić information content (AvgIpc) is 2.74. The van der Waals surface area contributed by atoms with Crippen LogP contribution in [0.4, 0.5) is 8.78 Å². The summed E-state index contributed by atoms with van der Waals surface area (Å²) in [7, 11) is 0. The van der Waals surface area contributed by atoms with Crippen LogP contribution in [0, 0.1) is 18.6 Å².